The summed E-state index contributed by atoms with van der Waals surface area (Å²) in [6.45, 7) is 5.53. The Morgan fingerprint density at radius 2 is 1.81 bits per heavy atom. The number of hydrogen-bond acceptors (Lipinski definition) is 6. The number of benzene rings is 2. The summed E-state index contributed by atoms with van der Waals surface area (Å²) < 4.78 is 5.46. The number of anilines is 1. The molecule has 27 heavy (non-hydrogen) atoms. The molecule has 1 fully saturated rings. The smallest absolute Gasteiger partial charge is 0.269 e. The minimum absolute atomic E-state index is 0.0973. The van der Waals surface area contributed by atoms with Crippen molar-refractivity contribution in [1.82, 2.24) is 4.90 Å². The summed E-state index contributed by atoms with van der Waals surface area (Å²) in [6.07, 6.45) is 1.77. The number of methoxy groups -OCH3 is 1. The highest BCUT2D eigenvalue weighted by Crippen LogP contribution is 2.28. The fourth-order valence-electron chi connectivity index (χ4n) is 3.15. The van der Waals surface area contributed by atoms with E-state index in [1.807, 2.05) is 18.2 Å². The molecule has 7 heteroatoms. The predicted octanol–water partition coefficient (Wildman–Crippen LogP) is 2.84. The first-order valence-electron chi connectivity index (χ1n) is 9.02. The second-order valence-corrected chi connectivity index (χ2v) is 6.38. The first kappa shape index (κ1) is 18.8. The van der Waals surface area contributed by atoms with Gasteiger partial charge in [-0.25, -0.2) is 0 Å². The van der Waals surface area contributed by atoms with Gasteiger partial charge in [-0.3, -0.25) is 20.0 Å². The van der Waals surface area contributed by atoms with Crippen molar-refractivity contribution in [2.24, 2.45) is 4.99 Å². The second kappa shape index (κ2) is 9.14. The van der Waals surface area contributed by atoms with Crippen molar-refractivity contribution in [3.05, 3.63) is 64.2 Å². The fourth-order valence-corrected chi connectivity index (χ4v) is 3.15. The summed E-state index contributed by atoms with van der Waals surface area (Å²) in [5.74, 6) is 0.915. The number of piperazine rings is 1. The van der Waals surface area contributed by atoms with Crippen molar-refractivity contribution in [3.8, 4) is 5.75 Å². The van der Waals surface area contributed by atoms with E-state index in [0.717, 1.165) is 49.7 Å². The molecule has 7 nitrogen and oxygen atoms in total. The lowest BCUT2D eigenvalue weighted by Gasteiger charge is -2.36. The quantitative estimate of drug-likeness (QED) is 0.427. The first-order valence-corrected chi connectivity index (χ1v) is 9.02. The van der Waals surface area contributed by atoms with E-state index in [1.165, 1.54) is 12.1 Å². The third kappa shape index (κ3) is 5.04. The molecule has 0 atom stereocenters. The SMILES string of the molecule is COc1ccccc1N1CCN(CCN=Cc2ccc([N+](=O)[O-])cc2)CC1. The van der Waals surface area contributed by atoms with Gasteiger partial charge in [0.2, 0.25) is 0 Å². The molecule has 2 aromatic rings. The van der Waals surface area contributed by atoms with Crippen LogP contribution in [-0.2, 0) is 0 Å². The molecule has 0 aliphatic carbocycles. The minimum atomic E-state index is -0.397. The Morgan fingerprint density at radius 1 is 1.11 bits per heavy atom. The molecule has 0 amide bonds. The Labute approximate surface area is 159 Å². The molecular formula is C20H24N4O3. The van der Waals surface area contributed by atoms with E-state index in [4.69, 9.17) is 4.74 Å². The maximum absolute atomic E-state index is 10.7. The molecule has 0 unspecified atom stereocenters. The fraction of sp³-hybridized carbons (Fsp3) is 0.350. The van der Waals surface area contributed by atoms with E-state index in [0.29, 0.717) is 6.54 Å². The van der Waals surface area contributed by atoms with Gasteiger partial charge in [0, 0.05) is 51.1 Å². The zero-order chi connectivity index (χ0) is 19.1. The molecule has 0 N–H and O–H groups in total. The highest BCUT2D eigenvalue weighted by molar-refractivity contribution is 5.79. The van der Waals surface area contributed by atoms with Gasteiger partial charge in [-0.1, -0.05) is 12.1 Å². The average Bonchev–Trinajstić information content (AvgIpc) is 2.72. The maximum atomic E-state index is 10.7. The van der Waals surface area contributed by atoms with Crippen LogP contribution in [-0.4, -0.2) is 62.4 Å². The molecule has 0 radical (unpaired) electrons. The van der Waals surface area contributed by atoms with E-state index in [-0.39, 0.29) is 5.69 Å². The van der Waals surface area contributed by atoms with Crippen LogP contribution < -0.4 is 9.64 Å². The van der Waals surface area contributed by atoms with Gasteiger partial charge in [0.1, 0.15) is 5.75 Å². The van der Waals surface area contributed by atoms with Crippen molar-refractivity contribution >= 4 is 17.6 Å². The Bertz CT molecular complexity index is 784. The van der Waals surface area contributed by atoms with Crippen LogP contribution in [0.4, 0.5) is 11.4 Å². The highest BCUT2D eigenvalue weighted by atomic mass is 16.6. The predicted molar refractivity (Wildman–Crippen MR) is 107 cm³/mol. The van der Waals surface area contributed by atoms with Gasteiger partial charge in [0.15, 0.2) is 0 Å². The maximum Gasteiger partial charge on any atom is 0.269 e. The molecule has 3 rings (SSSR count). The summed E-state index contributed by atoms with van der Waals surface area (Å²) in [4.78, 5) is 19.5. The van der Waals surface area contributed by atoms with Gasteiger partial charge in [-0.15, -0.1) is 0 Å². The van der Waals surface area contributed by atoms with Crippen LogP contribution >= 0.6 is 0 Å². The van der Waals surface area contributed by atoms with Gasteiger partial charge >= 0.3 is 0 Å². The molecule has 0 bridgehead atoms. The highest BCUT2D eigenvalue weighted by Gasteiger charge is 2.18. The molecule has 0 spiro atoms. The van der Waals surface area contributed by atoms with E-state index >= 15 is 0 Å². The van der Waals surface area contributed by atoms with Crippen molar-refractivity contribution in [2.45, 2.75) is 0 Å². The lowest BCUT2D eigenvalue weighted by Crippen LogP contribution is -2.47. The normalized spacial score (nSPS) is 15.2. The Kier molecular flexibility index (Phi) is 6.38. The standard InChI is InChI=1S/C20H24N4O3/c1-27-20-5-3-2-4-19(20)23-14-12-22(13-15-23)11-10-21-16-17-6-8-18(9-7-17)24(25)26/h2-9,16H,10-15H2,1H3. The Hall–Kier alpha value is -2.93. The summed E-state index contributed by atoms with van der Waals surface area (Å²) in [5.41, 5.74) is 2.12. The number of nitro groups is 1. The van der Waals surface area contributed by atoms with Crippen LogP contribution in [0.3, 0.4) is 0 Å². The van der Waals surface area contributed by atoms with E-state index in [9.17, 15) is 10.1 Å². The van der Waals surface area contributed by atoms with Crippen LogP contribution in [0.2, 0.25) is 0 Å². The number of nitro benzene ring substituents is 1. The van der Waals surface area contributed by atoms with Crippen LogP contribution in [0, 0.1) is 10.1 Å². The first-order chi connectivity index (χ1) is 13.2. The van der Waals surface area contributed by atoms with E-state index in [1.54, 1.807) is 25.5 Å². The van der Waals surface area contributed by atoms with Gasteiger partial charge in [0.25, 0.3) is 5.69 Å². The monoisotopic (exact) mass is 368 g/mol. The Balaban J connectivity index is 1.44. The third-order valence-corrected chi connectivity index (χ3v) is 4.69. The van der Waals surface area contributed by atoms with E-state index < -0.39 is 4.92 Å². The summed E-state index contributed by atoms with van der Waals surface area (Å²) in [6, 6.07) is 14.6. The average molecular weight is 368 g/mol. The number of aliphatic imine (C=N–C) groups is 1. The summed E-state index contributed by atoms with van der Waals surface area (Å²) in [7, 11) is 1.71. The van der Waals surface area contributed by atoms with Crippen molar-refractivity contribution < 1.29 is 9.66 Å². The molecular weight excluding hydrogens is 344 g/mol. The third-order valence-electron chi connectivity index (χ3n) is 4.69. The number of ether oxygens (including phenoxy) is 1. The van der Waals surface area contributed by atoms with Gasteiger partial charge in [-0.2, -0.15) is 0 Å². The second-order valence-electron chi connectivity index (χ2n) is 6.38. The number of hydrogen-bond donors (Lipinski definition) is 0. The summed E-state index contributed by atoms with van der Waals surface area (Å²) >= 11 is 0. The zero-order valence-corrected chi connectivity index (χ0v) is 15.5. The lowest BCUT2D eigenvalue weighted by molar-refractivity contribution is -0.384. The molecule has 0 saturated carbocycles. The molecule has 0 aromatic heterocycles. The molecule has 142 valence electrons. The van der Waals surface area contributed by atoms with Crippen LogP contribution in [0.25, 0.3) is 0 Å². The van der Waals surface area contributed by atoms with Crippen LogP contribution in [0.1, 0.15) is 5.56 Å². The lowest BCUT2D eigenvalue weighted by atomic mass is 10.2. The van der Waals surface area contributed by atoms with Crippen LogP contribution in [0.15, 0.2) is 53.5 Å². The van der Waals surface area contributed by atoms with Crippen molar-refractivity contribution in [3.63, 3.8) is 0 Å². The zero-order valence-electron chi connectivity index (χ0n) is 15.5. The topological polar surface area (TPSA) is 71.2 Å². The summed E-state index contributed by atoms with van der Waals surface area (Å²) in [5, 5.41) is 10.7. The molecule has 1 aliphatic rings. The number of non-ortho nitro benzene ring substituents is 1. The number of rotatable bonds is 7. The number of para-hydroxylation sites is 2. The minimum Gasteiger partial charge on any atom is -0.495 e. The molecule has 2 aromatic carbocycles. The van der Waals surface area contributed by atoms with Gasteiger partial charge < -0.3 is 9.64 Å². The van der Waals surface area contributed by atoms with Gasteiger partial charge in [-0.05, 0) is 29.8 Å². The molecule has 1 aliphatic heterocycles. The Morgan fingerprint density at radius 3 is 2.48 bits per heavy atom. The van der Waals surface area contributed by atoms with Crippen molar-refractivity contribution in [1.29, 1.82) is 0 Å². The van der Waals surface area contributed by atoms with Gasteiger partial charge in [0.05, 0.1) is 24.3 Å². The molecule has 1 saturated heterocycles. The molecule has 1 heterocycles. The van der Waals surface area contributed by atoms with Crippen LogP contribution in [0.5, 0.6) is 5.75 Å². The van der Waals surface area contributed by atoms with Crippen molar-refractivity contribution in [2.75, 3.05) is 51.3 Å². The largest absolute Gasteiger partial charge is 0.495 e. The van der Waals surface area contributed by atoms with E-state index in [2.05, 4.69) is 20.9 Å². The number of nitrogens with zero attached hydrogens (tertiary/aromatic N) is 4.